The van der Waals surface area contributed by atoms with E-state index >= 15 is 0 Å². The number of carbonyl (C=O) groups is 2. The van der Waals surface area contributed by atoms with Crippen LogP contribution in [0.5, 0.6) is 0 Å². The first-order valence-corrected chi connectivity index (χ1v) is 8.22. The van der Waals surface area contributed by atoms with Crippen LogP contribution in [0.1, 0.15) is 35.6 Å². The smallest absolute Gasteiger partial charge is 0.308 e. The molecular weight excluding hydrogens is 316 g/mol. The van der Waals surface area contributed by atoms with Gasteiger partial charge in [-0.05, 0) is 31.4 Å². The van der Waals surface area contributed by atoms with E-state index in [1.54, 1.807) is 18.4 Å². The summed E-state index contributed by atoms with van der Waals surface area (Å²) >= 11 is 1.37. The number of thiazole rings is 1. The van der Waals surface area contributed by atoms with E-state index in [0.29, 0.717) is 22.9 Å². The number of carboxylic acid groups (broad SMARTS) is 1. The standard InChI is InChI=1S/C16H20N2O4S/c1-9(2)7-11(16(20)21)8-17-14(19)13-10(3)23-15(18-13)12-5-4-6-22-12/h4-6,9,11H,7-8H2,1-3H3,(H,17,19)(H,20,21). The summed E-state index contributed by atoms with van der Waals surface area (Å²) in [6.45, 7) is 5.82. The molecule has 0 bridgehead atoms. The maximum atomic E-state index is 12.3. The Hall–Kier alpha value is -2.15. The molecule has 0 fully saturated rings. The number of hydrogen-bond acceptors (Lipinski definition) is 5. The van der Waals surface area contributed by atoms with Gasteiger partial charge >= 0.3 is 5.97 Å². The van der Waals surface area contributed by atoms with Crippen LogP contribution in [0, 0.1) is 18.8 Å². The fourth-order valence-corrected chi connectivity index (χ4v) is 3.13. The molecule has 1 amide bonds. The third-order valence-corrected chi connectivity index (χ3v) is 4.34. The number of furan rings is 1. The fraction of sp³-hybridized carbons (Fsp3) is 0.438. The predicted octanol–water partition coefficient (Wildman–Crippen LogP) is 3.19. The summed E-state index contributed by atoms with van der Waals surface area (Å²) in [5, 5.41) is 12.5. The minimum Gasteiger partial charge on any atom is -0.481 e. The van der Waals surface area contributed by atoms with Gasteiger partial charge in [0.25, 0.3) is 5.91 Å². The second kappa shape index (κ2) is 7.41. The topological polar surface area (TPSA) is 92.4 Å². The first-order valence-electron chi connectivity index (χ1n) is 7.40. The number of aryl methyl sites for hydroxylation is 1. The Bertz CT molecular complexity index is 676. The Morgan fingerprint density at radius 2 is 2.17 bits per heavy atom. The highest BCUT2D eigenvalue weighted by Crippen LogP contribution is 2.27. The Morgan fingerprint density at radius 3 is 2.74 bits per heavy atom. The molecule has 2 N–H and O–H groups in total. The van der Waals surface area contributed by atoms with E-state index in [0.717, 1.165) is 4.88 Å². The summed E-state index contributed by atoms with van der Waals surface area (Å²) in [5.74, 6) is -0.987. The summed E-state index contributed by atoms with van der Waals surface area (Å²) in [5.41, 5.74) is 0.315. The van der Waals surface area contributed by atoms with E-state index in [1.807, 2.05) is 20.8 Å². The van der Waals surface area contributed by atoms with Crippen LogP contribution in [0.4, 0.5) is 0 Å². The van der Waals surface area contributed by atoms with Crippen molar-refractivity contribution in [3.05, 3.63) is 29.0 Å². The van der Waals surface area contributed by atoms with Crippen LogP contribution in [0.3, 0.4) is 0 Å². The molecule has 1 unspecified atom stereocenters. The van der Waals surface area contributed by atoms with E-state index in [2.05, 4.69) is 10.3 Å². The zero-order chi connectivity index (χ0) is 17.0. The average Bonchev–Trinajstić information content (AvgIpc) is 3.11. The monoisotopic (exact) mass is 336 g/mol. The Balaban J connectivity index is 2.04. The predicted molar refractivity (Wildman–Crippen MR) is 87.5 cm³/mol. The van der Waals surface area contributed by atoms with Crippen molar-refractivity contribution in [1.82, 2.24) is 10.3 Å². The molecule has 0 spiro atoms. The van der Waals surface area contributed by atoms with Gasteiger partial charge in [-0.15, -0.1) is 11.3 Å². The molecule has 6 nitrogen and oxygen atoms in total. The van der Waals surface area contributed by atoms with Gasteiger partial charge in [0.2, 0.25) is 0 Å². The van der Waals surface area contributed by atoms with Crippen LogP contribution >= 0.6 is 11.3 Å². The van der Waals surface area contributed by atoms with Crippen LogP contribution in [-0.2, 0) is 4.79 Å². The number of carboxylic acids is 1. The lowest BCUT2D eigenvalue weighted by Gasteiger charge is -2.15. The maximum absolute atomic E-state index is 12.3. The summed E-state index contributed by atoms with van der Waals surface area (Å²) in [4.78, 5) is 28.6. The van der Waals surface area contributed by atoms with Gasteiger partial charge in [0, 0.05) is 11.4 Å². The van der Waals surface area contributed by atoms with Gasteiger partial charge in [-0.25, -0.2) is 4.98 Å². The summed E-state index contributed by atoms with van der Waals surface area (Å²) in [7, 11) is 0. The van der Waals surface area contributed by atoms with Crippen LogP contribution in [0.2, 0.25) is 0 Å². The van der Waals surface area contributed by atoms with Crippen LogP contribution in [0.15, 0.2) is 22.8 Å². The van der Waals surface area contributed by atoms with Crippen molar-refractivity contribution >= 4 is 23.2 Å². The number of aromatic nitrogens is 1. The maximum Gasteiger partial charge on any atom is 0.308 e. The molecule has 23 heavy (non-hydrogen) atoms. The minimum absolute atomic E-state index is 0.0966. The molecule has 1 atom stereocenters. The highest BCUT2D eigenvalue weighted by atomic mass is 32.1. The average molecular weight is 336 g/mol. The molecule has 0 aliphatic rings. The normalized spacial score (nSPS) is 12.3. The zero-order valence-electron chi connectivity index (χ0n) is 13.3. The Kier molecular flexibility index (Phi) is 5.54. The lowest BCUT2D eigenvalue weighted by Crippen LogP contribution is -2.34. The van der Waals surface area contributed by atoms with Gasteiger partial charge in [0.15, 0.2) is 10.8 Å². The highest BCUT2D eigenvalue weighted by Gasteiger charge is 2.22. The van der Waals surface area contributed by atoms with E-state index in [-0.39, 0.29) is 18.4 Å². The van der Waals surface area contributed by atoms with Gasteiger partial charge in [-0.1, -0.05) is 13.8 Å². The SMILES string of the molecule is Cc1sc(-c2ccco2)nc1C(=O)NCC(CC(C)C)C(=O)O. The van der Waals surface area contributed by atoms with Crippen LogP contribution in [0.25, 0.3) is 10.8 Å². The zero-order valence-corrected chi connectivity index (χ0v) is 14.1. The molecule has 0 radical (unpaired) electrons. The largest absolute Gasteiger partial charge is 0.481 e. The van der Waals surface area contributed by atoms with Gasteiger partial charge in [-0.3, -0.25) is 9.59 Å². The van der Waals surface area contributed by atoms with E-state index in [9.17, 15) is 14.7 Å². The molecule has 2 aromatic rings. The quantitative estimate of drug-likeness (QED) is 0.810. The second-order valence-corrected chi connectivity index (χ2v) is 6.98. The van der Waals surface area contributed by atoms with Crippen molar-refractivity contribution in [1.29, 1.82) is 0 Å². The molecule has 0 aliphatic carbocycles. The van der Waals surface area contributed by atoms with E-state index < -0.39 is 11.9 Å². The Labute approximate surface area is 138 Å². The third kappa shape index (κ3) is 4.41. The van der Waals surface area contributed by atoms with E-state index in [1.165, 1.54) is 11.3 Å². The van der Waals surface area contributed by atoms with Crippen molar-refractivity contribution < 1.29 is 19.1 Å². The first-order chi connectivity index (χ1) is 10.9. The number of carbonyl (C=O) groups excluding carboxylic acids is 1. The van der Waals surface area contributed by atoms with Gasteiger partial charge in [-0.2, -0.15) is 0 Å². The highest BCUT2D eigenvalue weighted by molar-refractivity contribution is 7.15. The molecular formula is C16H20N2O4S. The van der Waals surface area contributed by atoms with E-state index in [4.69, 9.17) is 4.42 Å². The van der Waals surface area contributed by atoms with Crippen molar-refractivity contribution in [2.75, 3.05) is 6.54 Å². The van der Waals surface area contributed by atoms with Crippen molar-refractivity contribution in [2.24, 2.45) is 11.8 Å². The molecule has 2 aromatic heterocycles. The number of rotatable bonds is 7. The second-order valence-electron chi connectivity index (χ2n) is 5.78. The molecule has 0 saturated heterocycles. The summed E-state index contributed by atoms with van der Waals surface area (Å²) in [6.07, 6.45) is 2.07. The molecule has 124 valence electrons. The molecule has 2 heterocycles. The van der Waals surface area contributed by atoms with Gasteiger partial charge < -0.3 is 14.8 Å². The number of nitrogens with one attached hydrogen (secondary N) is 1. The number of hydrogen-bond donors (Lipinski definition) is 2. The van der Waals surface area contributed by atoms with Gasteiger partial charge in [0.05, 0.1) is 12.2 Å². The molecule has 0 saturated carbocycles. The number of aliphatic carboxylic acids is 1. The summed E-state index contributed by atoms with van der Waals surface area (Å²) < 4.78 is 5.28. The van der Waals surface area contributed by atoms with Crippen LogP contribution in [-0.4, -0.2) is 28.5 Å². The van der Waals surface area contributed by atoms with Crippen molar-refractivity contribution in [3.63, 3.8) is 0 Å². The number of nitrogens with zero attached hydrogens (tertiary/aromatic N) is 1. The molecule has 7 heteroatoms. The van der Waals surface area contributed by atoms with Crippen molar-refractivity contribution in [3.8, 4) is 10.8 Å². The lowest BCUT2D eigenvalue weighted by atomic mass is 9.97. The third-order valence-electron chi connectivity index (χ3n) is 3.36. The summed E-state index contributed by atoms with van der Waals surface area (Å²) in [6, 6.07) is 3.54. The first kappa shape index (κ1) is 17.2. The Morgan fingerprint density at radius 1 is 1.43 bits per heavy atom. The fourth-order valence-electron chi connectivity index (χ4n) is 2.25. The van der Waals surface area contributed by atoms with Crippen molar-refractivity contribution in [2.45, 2.75) is 27.2 Å². The van der Waals surface area contributed by atoms with Gasteiger partial charge in [0.1, 0.15) is 5.69 Å². The minimum atomic E-state index is -0.898. The molecule has 0 aliphatic heterocycles. The lowest BCUT2D eigenvalue weighted by molar-refractivity contribution is -0.142. The number of amides is 1. The molecule has 0 aromatic carbocycles. The van der Waals surface area contributed by atoms with Crippen LogP contribution < -0.4 is 5.32 Å². The molecule has 2 rings (SSSR count).